The van der Waals surface area contributed by atoms with Crippen molar-refractivity contribution in [2.24, 2.45) is 5.10 Å². The molecule has 0 saturated carbocycles. The van der Waals surface area contributed by atoms with Crippen LogP contribution in [0.25, 0.3) is 0 Å². The van der Waals surface area contributed by atoms with Crippen LogP contribution in [0.1, 0.15) is 9.75 Å². The Labute approximate surface area is 122 Å². The van der Waals surface area contributed by atoms with E-state index in [1.807, 2.05) is 18.2 Å². The van der Waals surface area contributed by atoms with E-state index in [1.165, 1.54) is 9.75 Å². The number of rotatable bonds is 6. The number of nitrogens with zero attached hydrogens (tertiary/aromatic N) is 1. The van der Waals surface area contributed by atoms with E-state index < -0.39 is 0 Å². The Hall–Kier alpha value is -2.14. The smallest absolute Gasteiger partial charge is 0.277 e. The summed E-state index contributed by atoms with van der Waals surface area (Å²) in [4.78, 5) is 14.0. The lowest BCUT2D eigenvalue weighted by molar-refractivity contribution is -0.123. The number of hydrogen-bond donors (Lipinski definition) is 1. The number of para-hydroxylation sites is 1. The second-order valence-electron chi connectivity index (χ2n) is 4.16. The van der Waals surface area contributed by atoms with Crippen molar-refractivity contribution in [1.82, 2.24) is 5.43 Å². The highest BCUT2D eigenvalue weighted by Gasteiger charge is 2.00. The summed E-state index contributed by atoms with van der Waals surface area (Å²) in [5.41, 5.74) is 2.44. The van der Waals surface area contributed by atoms with Gasteiger partial charge in [-0.15, -0.1) is 11.3 Å². The van der Waals surface area contributed by atoms with Crippen molar-refractivity contribution in [3.05, 3.63) is 52.2 Å². The van der Waals surface area contributed by atoms with Crippen LogP contribution in [-0.4, -0.2) is 18.7 Å². The van der Waals surface area contributed by atoms with E-state index in [0.29, 0.717) is 5.75 Å². The summed E-state index contributed by atoms with van der Waals surface area (Å²) in [5.74, 6) is 0.396. The average molecular weight is 288 g/mol. The zero-order valence-electron chi connectivity index (χ0n) is 11.2. The van der Waals surface area contributed by atoms with Crippen LogP contribution in [-0.2, 0) is 11.2 Å². The Morgan fingerprint density at radius 2 is 2.10 bits per heavy atom. The standard InChI is InChI=1S/C15H16N2O2S/c1-12-7-8-14(20-12)9-10-16-17-15(18)11-19-13-5-3-2-4-6-13/h2-8,10H,9,11H2,1H3,(H,17,18)/b16-10+. The topological polar surface area (TPSA) is 50.7 Å². The zero-order valence-corrected chi connectivity index (χ0v) is 12.0. The van der Waals surface area contributed by atoms with E-state index in [0.717, 1.165) is 6.42 Å². The lowest BCUT2D eigenvalue weighted by Gasteiger charge is -2.03. The molecule has 0 aliphatic rings. The van der Waals surface area contributed by atoms with Crippen LogP contribution in [0.15, 0.2) is 47.6 Å². The molecule has 1 heterocycles. The van der Waals surface area contributed by atoms with E-state index in [2.05, 4.69) is 29.6 Å². The first-order valence-corrected chi connectivity index (χ1v) is 7.09. The van der Waals surface area contributed by atoms with Crippen molar-refractivity contribution < 1.29 is 9.53 Å². The predicted octanol–water partition coefficient (Wildman–Crippen LogP) is 2.78. The summed E-state index contributed by atoms with van der Waals surface area (Å²) >= 11 is 1.73. The number of nitrogens with one attached hydrogen (secondary N) is 1. The van der Waals surface area contributed by atoms with Gasteiger partial charge in [0, 0.05) is 22.4 Å². The number of carbonyl (C=O) groups is 1. The number of benzene rings is 1. The molecule has 0 fully saturated rings. The van der Waals surface area contributed by atoms with Gasteiger partial charge in [0.25, 0.3) is 5.91 Å². The van der Waals surface area contributed by atoms with E-state index in [-0.39, 0.29) is 12.5 Å². The number of hydrazone groups is 1. The fourth-order valence-electron chi connectivity index (χ4n) is 1.55. The van der Waals surface area contributed by atoms with Crippen LogP contribution < -0.4 is 10.2 Å². The number of aryl methyl sites for hydroxylation is 1. The van der Waals surface area contributed by atoms with Crippen LogP contribution in [0.3, 0.4) is 0 Å². The Morgan fingerprint density at radius 1 is 1.30 bits per heavy atom. The molecule has 0 bridgehead atoms. The highest BCUT2D eigenvalue weighted by atomic mass is 32.1. The van der Waals surface area contributed by atoms with Gasteiger partial charge in [0.05, 0.1) is 0 Å². The van der Waals surface area contributed by atoms with Crippen molar-refractivity contribution >= 4 is 23.5 Å². The minimum atomic E-state index is -0.271. The van der Waals surface area contributed by atoms with Crippen LogP contribution in [0, 0.1) is 6.92 Å². The van der Waals surface area contributed by atoms with Gasteiger partial charge in [-0.2, -0.15) is 5.10 Å². The second kappa shape index (κ2) is 7.45. The lowest BCUT2D eigenvalue weighted by atomic mass is 10.3. The summed E-state index contributed by atoms with van der Waals surface area (Å²) < 4.78 is 5.30. The fourth-order valence-corrected chi connectivity index (χ4v) is 2.39. The molecule has 0 radical (unpaired) electrons. The lowest BCUT2D eigenvalue weighted by Crippen LogP contribution is -2.24. The number of amides is 1. The first-order chi connectivity index (χ1) is 9.74. The molecule has 5 heteroatoms. The quantitative estimate of drug-likeness (QED) is 0.656. The molecule has 2 rings (SSSR count). The maximum atomic E-state index is 11.5. The zero-order chi connectivity index (χ0) is 14.2. The molecule has 20 heavy (non-hydrogen) atoms. The molecular weight excluding hydrogens is 272 g/mol. The van der Waals surface area contributed by atoms with Crippen LogP contribution in [0.5, 0.6) is 5.75 Å². The Kier molecular flexibility index (Phi) is 5.32. The molecule has 1 aromatic heterocycles. The number of thiophene rings is 1. The van der Waals surface area contributed by atoms with Gasteiger partial charge in [-0.1, -0.05) is 18.2 Å². The largest absolute Gasteiger partial charge is 0.484 e. The molecule has 0 unspecified atom stereocenters. The monoisotopic (exact) mass is 288 g/mol. The van der Waals surface area contributed by atoms with Crippen LogP contribution >= 0.6 is 11.3 Å². The third kappa shape index (κ3) is 4.85. The maximum absolute atomic E-state index is 11.5. The molecule has 4 nitrogen and oxygen atoms in total. The Bertz CT molecular complexity index is 579. The predicted molar refractivity (Wildman–Crippen MR) is 81.3 cm³/mol. The molecule has 1 N–H and O–H groups in total. The number of hydrogen-bond acceptors (Lipinski definition) is 4. The van der Waals surface area contributed by atoms with Gasteiger partial charge < -0.3 is 4.74 Å². The van der Waals surface area contributed by atoms with Gasteiger partial charge in [-0.05, 0) is 31.2 Å². The van der Waals surface area contributed by atoms with E-state index in [4.69, 9.17) is 4.74 Å². The highest BCUT2D eigenvalue weighted by molar-refractivity contribution is 7.12. The first-order valence-electron chi connectivity index (χ1n) is 6.27. The molecule has 0 aliphatic carbocycles. The molecule has 2 aromatic rings. The van der Waals surface area contributed by atoms with Gasteiger partial charge in [-0.3, -0.25) is 4.79 Å². The molecule has 0 aliphatic heterocycles. The van der Waals surface area contributed by atoms with Crippen molar-refractivity contribution in [2.45, 2.75) is 13.3 Å². The summed E-state index contributed by atoms with van der Waals surface area (Å²) in [5, 5.41) is 3.89. The average Bonchev–Trinajstić information content (AvgIpc) is 2.88. The molecule has 0 spiro atoms. The van der Waals surface area contributed by atoms with Gasteiger partial charge in [-0.25, -0.2) is 5.43 Å². The first kappa shape index (κ1) is 14.3. The van der Waals surface area contributed by atoms with Gasteiger partial charge in [0.1, 0.15) is 5.75 Å². The normalized spacial score (nSPS) is 10.7. The number of ether oxygens (including phenoxy) is 1. The minimum absolute atomic E-state index is 0.0422. The van der Waals surface area contributed by atoms with Crippen molar-refractivity contribution in [1.29, 1.82) is 0 Å². The summed E-state index contributed by atoms with van der Waals surface area (Å²) in [6, 6.07) is 13.3. The summed E-state index contributed by atoms with van der Waals surface area (Å²) in [6.07, 6.45) is 2.41. The third-order valence-corrected chi connectivity index (χ3v) is 3.51. The highest BCUT2D eigenvalue weighted by Crippen LogP contribution is 2.14. The maximum Gasteiger partial charge on any atom is 0.277 e. The SMILES string of the molecule is Cc1ccc(C/C=N/NC(=O)COc2ccccc2)s1. The third-order valence-electron chi connectivity index (χ3n) is 2.48. The molecule has 1 amide bonds. The van der Waals surface area contributed by atoms with Crippen molar-refractivity contribution in [3.8, 4) is 5.75 Å². The van der Waals surface area contributed by atoms with Gasteiger partial charge in [0.15, 0.2) is 6.61 Å². The van der Waals surface area contributed by atoms with Crippen LogP contribution in [0.2, 0.25) is 0 Å². The van der Waals surface area contributed by atoms with Crippen molar-refractivity contribution in [3.63, 3.8) is 0 Å². The second-order valence-corrected chi connectivity index (χ2v) is 5.54. The van der Waals surface area contributed by atoms with Gasteiger partial charge >= 0.3 is 0 Å². The van der Waals surface area contributed by atoms with E-state index >= 15 is 0 Å². The summed E-state index contributed by atoms with van der Waals surface area (Å²) in [7, 11) is 0. The Balaban J connectivity index is 1.67. The van der Waals surface area contributed by atoms with Gasteiger partial charge in [0.2, 0.25) is 0 Å². The van der Waals surface area contributed by atoms with E-state index in [9.17, 15) is 4.79 Å². The fraction of sp³-hybridized carbons (Fsp3) is 0.200. The molecule has 1 aromatic carbocycles. The Morgan fingerprint density at radius 3 is 2.80 bits per heavy atom. The summed E-state index contributed by atoms with van der Waals surface area (Å²) in [6.45, 7) is 2.02. The van der Waals surface area contributed by atoms with Crippen LogP contribution in [0.4, 0.5) is 0 Å². The molecule has 104 valence electrons. The molecule has 0 atom stereocenters. The number of carbonyl (C=O) groups excluding carboxylic acids is 1. The molecular formula is C15H16N2O2S. The molecule has 0 saturated heterocycles. The minimum Gasteiger partial charge on any atom is -0.484 e. The van der Waals surface area contributed by atoms with Crippen molar-refractivity contribution in [2.75, 3.05) is 6.61 Å². The van der Waals surface area contributed by atoms with E-state index in [1.54, 1.807) is 29.7 Å².